The summed E-state index contributed by atoms with van der Waals surface area (Å²) >= 11 is 0. The van der Waals surface area contributed by atoms with Crippen LogP contribution in [0.4, 0.5) is 5.69 Å². The number of carbonyl (C=O) groups excluding carboxylic acids is 1. The first-order chi connectivity index (χ1) is 11.8. The zero-order valence-electron chi connectivity index (χ0n) is 14.4. The van der Waals surface area contributed by atoms with Crippen LogP contribution in [0, 0.1) is 6.92 Å². The first-order valence-corrected chi connectivity index (χ1v) is 9.36. The fraction of sp³-hybridized carbons (Fsp3) is 0.278. The predicted molar refractivity (Wildman–Crippen MR) is 97.2 cm³/mol. The number of carbonyl (C=O) groups is 1. The molecule has 7 heteroatoms. The van der Waals surface area contributed by atoms with Crippen molar-refractivity contribution in [3.63, 3.8) is 0 Å². The highest BCUT2D eigenvalue weighted by molar-refractivity contribution is 7.89. The minimum absolute atomic E-state index is 0.127. The monoisotopic (exact) mass is 362 g/mol. The molecule has 25 heavy (non-hydrogen) atoms. The molecular formula is C18H22N2O4S. The fourth-order valence-corrected chi connectivity index (χ4v) is 3.33. The zero-order chi connectivity index (χ0) is 18.4. The van der Waals surface area contributed by atoms with Gasteiger partial charge in [-0.2, -0.15) is 0 Å². The van der Waals surface area contributed by atoms with E-state index >= 15 is 0 Å². The van der Waals surface area contributed by atoms with Gasteiger partial charge in [-0.3, -0.25) is 4.79 Å². The lowest BCUT2D eigenvalue weighted by molar-refractivity contribution is -0.118. The Bertz CT molecular complexity index is 813. The van der Waals surface area contributed by atoms with Crippen molar-refractivity contribution in [2.75, 3.05) is 11.9 Å². The van der Waals surface area contributed by atoms with E-state index in [1.807, 2.05) is 19.1 Å². The molecule has 0 fully saturated rings. The van der Waals surface area contributed by atoms with Gasteiger partial charge in [-0.15, -0.1) is 0 Å². The average Bonchev–Trinajstić information content (AvgIpc) is 2.54. The Balaban J connectivity index is 1.92. The number of ether oxygens (including phenoxy) is 1. The van der Waals surface area contributed by atoms with Crippen LogP contribution in [-0.4, -0.2) is 27.0 Å². The van der Waals surface area contributed by atoms with Crippen LogP contribution in [0.5, 0.6) is 5.75 Å². The van der Waals surface area contributed by atoms with Crippen molar-refractivity contribution in [3.05, 3.63) is 54.1 Å². The third-order valence-electron chi connectivity index (χ3n) is 3.23. The van der Waals surface area contributed by atoms with Crippen LogP contribution in [0.1, 0.15) is 19.4 Å². The summed E-state index contributed by atoms with van der Waals surface area (Å²) in [6.45, 7) is 5.34. The molecule has 0 atom stereocenters. The van der Waals surface area contributed by atoms with Crippen molar-refractivity contribution in [1.29, 1.82) is 0 Å². The summed E-state index contributed by atoms with van der Waals surface area (Å²) in [4.78, 5) is 12.1. The zero-order valence-corrected chi connectivity index (χ0v) is 15.3. The SMILES string of the molecule is Cc1ccc(OCC(=O)Nc2ccc(S(=O)(=O)NC(C)C)cc2)cc1. The topological polar surface area (TPSA) is 84.5 Å². The molecule has 0 aliphatic heterocycles. The molecule has 0 saturated carbocycles. The largest absolute Gasteiger partial charge is 0.484 e. The maximum absolute atomic E-state index is 12.0. The Morgan fingerprint density at radius 1 is 1.04 bits per heavy atom. The predicted octanol–water partition coefficient (Wildman–Crippen LogP) is 2.70. The van der Waals surface area contributed by atoms with Crippen LogP contribution < -0.4 is 14.8 Å². The summed E-state index contributed by atoms with van der Waals surface area (Å²) in [6, 6.07) is 13.2. The van der Waals surface area contributed by atoms with Gasteiger partial charge in [0.2, 0.25) is 10.0 Å². The second-order valence-corrected chi connectivity index (χ2v) is 7.66. The molecule has 0 aliphatic carbocycles. The minimum atomic E-state index is -3.54. The molecule has 1 amide bonds. The van der Waals surface area contributed by atoms with Crippen LogP contribution in [0.3, 0.4) is 0 Å². The third kappa shape index (κ3) is 5.88. The van der Waals surface area contributed by atoms with Gasteiger partial charge in [0.05, 0.1) is 4.90 Å². The highest BCUT2D eigenvalue weighted by atomic mass is 32.2. The lowest BCUT2D eigenvalue weighted by Gasteiger charge is -2.11. The second-order valence-electron chi connectivity index (χ2n) is 5.95. The van der Waals surface area contributed by atoms with Gasteiger partial charge in [-0.1, -0.05) is 17.7 Å². The molecule has 2 N–H and O–H groups in total. The Morgan fingerprint density at radius 3 is 2.20 bits per heavy atom. The van der Waals surface area contributed by atoms with Gasteiger partial charge in [-0.25, -0.2) is 13.1 Å². The van der Waals surface area contributed by atoms with Crippen molar-refractivity contribution in [2.45, 2.75) is 31.7 Å². The Hall–Kier alpha value is -2.38. The van der Waals surface area contributed by atoms with E-state index in [9.17, 15) is 13.2 Å². The Labute approximate surface area is 148 Å². The van der Waals surface area contributed by atoms with Gasteiger partial charge >= 0.3 is 0 Å². The third-order valence-corrected chi connectivity index (χ3v) is 4.90. The first kappa shape index (κ1) is 19.0. The number of amides is 1. The van der Waals surface area contributed by atoms with Gasteiger partial charge < -0.3 is 10.1 Å². The second kappa shape index (κ2) is 8.13. The van der Waals surface area contributed by atoms with Gasteiger partial charge in [0, 0.05) is 11.7 Å². The molecule has 6 nitrogen and oxygen atoms in total. The number of rotatable bonds is 7. The van der Waals surface area contributed by atoms with Gasteiger partial charge in [-0.05, 0) is 57.2 Å². The summed E-state index contributed by atoms with van der Waals surface area (Å²) < 4.78 is 32.0. The number of aryl methyl sites for hydroxylation is 1. The van der Waals surface area contributed by atoms with Gasteiger partial charge in [0.1, 0.15) is 5.75 Å². The van der Waals surface area contributed by atoms with Crippen LogP contribution in [0.15, 0.2) is 53.4 Å². The summed E-state index contributed by atoms with van der Waals surface area (Å²) in [5.74, 6) is 0.290. The maximum atomic E-state index is 12.0. The van der Waals surface area contributed by atoms with E-state index in [4.69, 9.17) is 4.74 Å². The quantitative estimate of drug-likeness (QED) is 0.793. The molecule has 0 radical (unpaired) electrons. The Kier molecular flexibility index (Phi) is 6.17. The minimum Gasteiger partial charge on any atom is -0.484 e. The number of nitrogens with one attached hydrogen (secondary N) is 2. The molecule has 0 saturated heterocycles. The fourth-order valence-electron chi connectivity index (χ4n) is 2.08. The molecule has 0 spiro atoms. The summed E-state index contributed by atoms with van der Waals surface area (Å²) in [5.41, 5.74) is 1.61. The van der Waals surface area contributed by atoms with Crippen LogP contribution in [-0.2, 0) is 14.8 Å². The normalized spacial score (nSPS) is 11.4. The first-order valence-electron chi connectivity index (χ1n) is 7.88. The number of anilines is 1. The Morgan fingerprint density at radius 2 is 1.64 bits per heavy atom. The maximum Gasteiger partial charge on any atom is 0.262 e. The standard InChI is InChI=1S/C18H22N2O4S/c1-13(2)20-25(22,23)17-10-6-15(7-11-17)19-18(21)12-24-16-8-4-14(3)5-9-16/h4-11,13,20H,12H2,1-3H3,(H,19,21). The summed E-state index contributed by atoms with van der Waals surface area (Å²) in [6.07, 6.45) is 0. The molecule has 0 aromatic heterocycles. The van der Waals surface area contributed by atoms with Crippen molar-refractivity contribution < 1.29 is 17.9 Å². The number of benzene rings is 2. The number of hydrogen-bond acceptors (Lipinski definition) is 4. The van der Waals surface area contributed by atoms with Crippen molar-refractivity contribution in [2.24, 2.45) is 0 Å². The van der Waals surface area contributed by atoms with Gasteiger partial charge in [0.25, 0.3) is 5.91 Å². The van der Waals surface area contributed by atoms with Crippen molar-refractivity contribution in [3.8, 4) is 5.75 Å². The van der Waals surface area contributed by atoms with Crippen LogP contribution in [0.25, 0.3) is 0 Å². The molecule has 134 valence electrons. The molecule has 0 bridgehead atoms. The van der Waals surface area contributed by atoms with E-state index in [0.717, 1.165) is 5.56 Å². The van der Waals surface area contributed by atoms with E-state index in [2.05, 4.69) is 10.0 Å². The lowest BCUT2D eigenvalue weighted by atomic mass is 10.2. The highest BCUT2D eigenvalue weighted by Gasteiger charge is 2.15. The van der Waals surface area contributed by atoms with Crippen molar-refractivity contribution in [1.82, 2.24) is 4.72 Å². The summed E-state index contributed by atoms with van der Waals surface area (Å²) in [5, 5.41) is 2.66. The molecule has 0 aliphatic rings. The van der Waals surface area contributed by atoms with E-state index in [1.54, 1.807) is 38.1 Å². The molecule has 0 heterocycles. The molecule has 2 aromatic rings. The average molecular weight is 362 g/mol. The smallest absolute Gasteiger partial charge is 0.262 e. The summed E-state index contributed by atoms with van der Waals surface area (Å²) in [7, 11) is -3.54. The molecule has 0 unspecified atom stereocenters. The van der Waals surface area contributed by atoms with E-state index in [0.29, 0.717) is 11.4 Å². The molecule has 2 rings (SSSR count). The number of hydrogen-bond donors (Lipinski definition) is 2. The van der Waals surface area contributed by atoms with E-state index in [1.165, 1.54) is 12.1 Å². The highest BCUT2D eigenvalue weighted by Crippen LogP contribution is 2.15. The van der Waals surface area contributed by atoms with Crippen LogP contribution >= 0.6 is 0 Å². The van der Waals surface area contributed by atoms with E-state index < -0.39 is 10.0 Å². The molecule has 2 aromatic carbocycles. The van der Waals surface area contributed by atoms with Crippen LogP contribution in [0.2, 0.25) is 0 Å². The lowest BCUT2D eigenvalue weighted by Crippen LogP contribution is -2.30. The van der Waals surface area contributed by atoms with Gasteiger partial charge in [0.15, 0.2) is 6.61 Å². The van der Waals surface area contributed by atoms with E-state index in [-0.39, 0.29) is 23.5 Å². The number of sulfonamides is 1. The van der Waals surface area contributed by atoms with Crippen molar-refractivity contribution >= 4 is 21.6 Å². The molecular weight excluding hydrogens is 340 g/mol.